The van der Waals surface area contributed by atoms with Crippen LogP contribution in [0.4, 0.5) is 0 Å². The van der Waals surface area contributed by atoms with Gasteiger partial charge < -0.3 is 10.6 Å². The Morgan fingerprint density at radius 1 is 1.17 bits per heavy atom. The number of nitrogens with one attached hydrogen (secondary N) is 2. The van der Waals surface area contributed by atoms with E-state index < -0.39 is 9.84 Å². The zero-order chi connectivity index (χ0) is 13.2. The van der Waals surface area contributed by atoms with Gasteiger partial charge in [-0.05, 0) is 32.1 Å². The molecule has 6 heteroatoms. The number of amides is 1. The molecule has 0 heterocycles. The summed E-state index contributed by atoms with van der Waals surface area (Å²) in [6.45, 7) is 0.303. The molecule has 2 atom stereocenters. The number of rotatable bonds is 5. The van der Waals surface area contributed by atoms with Crippen LogP contribution in [0.2, 0.25) is 0 Å². The first kappa shape index (κ1) is 13.8. The maximum atomic E-state index is 11.5. The zero-order valence-electron chi connectivity index (χ0n) is 10.8. The fourth-order valence-corrected chi connectivity index (χ4v) is 3.64. The number of sulfone groups is 1. The van der Waals surface area contributed by atoms with E-state index >= 15 is 0 Å². The highest BCUT2D eigenvalue weighted by Gasteiger charge is 2.29. The van der Waals surface area contributed by atoms with Crippen molar-refractivity contribution >= 4 is 15.7 Å². The second-order valence-electron chi connectivity index (χ2n) is 5.54. The van der Waals surface area contributed by atoms with E-state index in [0.717, 1.165) is 32.1 Å². The molecular weight excluding hydrogens is 252 g/mol. The van der Waals surface area contributed by atoms with Gasteiger partial charge in [0.1, 0.15) is 9.84 Å². The van der Waals surface area contributed by atoms with Crippen LogP contribution < -0.4 is 10.6 Å². The fraction of sp³-hybridized carbons (Fsp3) is 0.917. The Morgan fingerprint density at radius 3 is 2.50 bits per heavy atom. The molecule has 2 fully saturated rings. The molecule has 0 aromatic rings. The van der Waals surface area contributed by atoms with Gasteiger partial charge in [-0.2, -0.15) is 0 Å². The van der Waals surface area contributed by atoms with Crippen molar-refractivity contribution in [3.05, 3.63) is 0 Å². The first-order chi connectivity index (χ1) is 8.45. The molecule has 1 amide bonds. The lowest BCUT2D eigenvalue weighted by molar-refractivity contribution is -0.120. The van der Waals surface area contributed by atoms with Crippen molar-refractivity contribution in [1.29, 1.82) is 0 Å². The first-order valence-electron chi connectivity index (χ1n) is 6.67. The van der Waals surface area contributed by atoms with Gasteiger partial charge in [-0.25, -0.2) is 8.42 Å². The Kier molecular flexibility index (Phi) is 4.27. The molecule has 2 rings (SSSR count). The third-order valence-corrected chi connectivity index (χ3v) is 5.36. The van der Waals surface area contributed by atoms with Crippen molar-refractivity contribution in [2.24, 2.45) is 0 Å². The van der Waals surface area contributed by atoms with E-state index in [9.17, 15) is 13.2 Å². The van der Waals surface area contributed by atoms with Crippen LogP contribution in [0.25, 0.3) is 0 Å². The topological polar surface area (TPSA) is 75.3 Å². The van der Waals surface area contributed by atoms with Crippen LogP contribution >= 0.6 is 0 Å². The van der Waals surface area contributed by atoms with Crippen molar-refractivity contribution in [2.75, 3.05) is 12.8 Å². The molecular formula is C12H22N2O3S. The summed E-state index contributed by atoms with van der Waals surface area (Å²) < 4.78 is 23.0. The summed E-state index contributed by atoms with van der Waals surface area (Å²) in [5, 5.41) is 5.85. The lowest BCUT2D eigenvalue weighted by Gasteiger charge is -2.28. The number of hydrogen-bond donors (Lipinski definition) is 2. The van der Waals surface area contributed by atoms with Crippen LogP contribution in [0.1, 0.15) is 38.5 Å². The van der Waals surface area contributed by atoms with E-state index in [2.05, 4.69) is 10.6 Å². The van der Waals surface area contributed by atoms with Gasteiger partial charge in [-0.3, -0.25) is 4.79 Å². The highest BCUT2D eigenvalue weighted by molar-refractivity contribution is 7.91. The molecule has 5 nitrogen and oxygen atoms in total. The molecule has 0 aromatic carbocycles. The van der Waals surface area contributed by atoms with E-state index in [-0.39, 0.29) is 17.2 Å². The summed E-state index contributed by atoms with van der Waals surface area (Å²) in [6.07, 6.45) is 6.75. The minimum atomic E-state index is -2.95. The van der Waals surface area contributed by atoms with Crippen LogP contribution in [-0.4, -0.2) is 44.5 Å². The SMILES string of the molecule is CS(=O)(=O)C1CCCC(NCC(=O)NC2CC2)C1. The van der Waals surface area contributed by atoms with E-state index in [1.165, 1.54) is 6.26 Å². The largest absolute Gasteiger partial charge is 0.352 e. The highest BCUT2D eigenvalue weighted by Crippen LogP contribution is 2.23. The molecule has 0 aliphatic heterocycles. The Morgan fingerprint density at radius 2 is 1.89 bits per heavy atom. The van der Waals surface area contributed by atoms with Gasteiger partial charge in [0.2, 0.25) is 5.91 Å². The second-order valence-corrected chi connectivity index (χ2v) is 7.86. The number of hydrogen-bond acceptors (Lipinski definition) is 4. The summed E-state index contributed by atoms with van der Waals surface area (Å²) in [7, 11) is -2.95. The minimum absolute atomic E-state index is 0.0268. The third-order valence-electron chi connectivity index (χ3n) is 3.73. The van der Waals surface area contributed by atoms with Crippen LogP contribution in [-0.2, 0) is 14.6 Å². The third kappa shape index (κ3) is 4.24. The van der Waals surface area contributed by atoms with Crippen LogP contribution in [0.15, 0.2) is 0 Å². The highest BCUT2D eigenvalue weighted by atomic mass is 32.2. The fourth-order valence-electron chi connectivity index (χ4n) is 2.46. The Hall–Kier alpha value is -0.620. The molecule has 2 saturated carbocycles. The van der Waals surface area contributed by atoms with Gasteiger partial charge in [-0.15, -0.1) is 0 Å². The molecule has 0 aromatic heterocycles. The van der Waals surface area contributed by atoms with Crippen molar-refractivity contribution < 1.29 is 13.2 Å². The van der Waals surface area contributed by atoms with Gasteiger partial charge in [0.05, 0.1) is 11.8 Å². The zero-order valence-corrected chi connectivity index (χ0v) is 11.6. The van der Waals surface area contributed by atoms with Crippen LogP contribution in [0, 0.1) is 0 Å². The summed E-state index contributed by atoms with van der Waals surface area (Å²) in [5.41, 5.74) is 0. The quantitative estimate of drug-likeness (QED) is 0.751. The molecule has 104 valence electrons. The van der Waals surface area contributed by atoms with Gasteiger partial charge in [0.15, 0.2) is 0 Å². The predicted octanol–water partition coefficient (Wildman–Crippen LogP) is 0.210. The molecule has 2 aliphatic rings. The Balaban J connectivity index is 1.73. The molecule has 0 bridgehead atoms. The average Bonchev–Trinajstić information content (AvgIpc) is 3.10. The molecule has 18 heavy (non-hydrogen) atoms. The van der Waals surface area contributed by atoms with Crippen molar-refractivity contribution in [2.45, 2.75) is 55.9 Å². The Labute approximate surface area is 109 Å². The van der Waals surface area contributed by atoms with E-state index in [1.54, 1.807) is 0 Å². The monoisotopic (exact) mass is 274 g/mol. The number of carbonyl (C=O) groups is 1. The summed E-state index contributed by atoms with van der Waals surface area (Å²) >= 11 is 0. The molecule has 2 N–H and O–H groups in total. The van der Waals surface area contributed by atoms with Gasteiger partial charge >= 0.3 is 0 Å². The molecule has 0 spiro atoms. The molecule has 2 unspecified atom stereocenters. The summed E-state index contributed by atoms with van der Waals surface area (Å²) in [5.74, 6) is 0.0268. The average molecular weight is 274 g/mol. The van der Waals surface area contributed by atoms with Crippen LogP contribution in [0.3, 0.4) is 0 Å². The lowest BCUT2D eigenvalue weighted by Crippen LogP contribution is -2.43. The first-order valence-corrected chi connectivity index (χ1v) is 8.62. The minimum Gasteiger partial charge on any atom is -0.352 e. The molecule has 2 aliphatic carbocycles. The normalized spacial score (nSPS) is 28.9. The van der Waals surface area contributed by atoms with Crippen molar-refractivity contribution in [3.8, 4) is 0 Å². The predicted molar refractivity (Wildman–Crippen MR) is 70.1 cm³/mol. The molecule has 0 radical (unpaired) electrons. The van der Waals surface area contributed by atoms with Gasteiger partial charge in [0.25, 0.3) is 0 Å². The summed E-state index contributed by atoms with van der Waals surface area (Å²) in [4.78, 5) is 11.5. The molecule has 0 saturated heterocycles. The lowest BCUT2D eigenvalue weighted by atomic mass is 9.95. The number of carbonyl (C=O) groups excluding carboxylic acids is 1. The second kappa shape index (κ2) is 5.57. The van der Waals surface area contributed by atoms with Crippen molar-refractivity contribution in [1.82, 2.24) is 10.6 Å². The van der Waals surface area contributed by atoms with E-state index in [1.807, 2.05) is 0 Å². The Bertz CT molecular complexity index is 404. The standard InChI is InChI=1S/C12H22N2O3S/c1-18(16,17)11-4-2-3-10(7-11)13-8-12(15)14-9-5-6-9/h9-11,13H,2-8H2,1H3,(H,14,15). The van der Waals surface area contributed by atoms with E-state index in [0.29, 0.717) is 19.0 Å². The smallest absolute Gasteiger partial charge is 0.234 e. The maximum Gasteiger partial charge on any atom is 0.234 e. The maximum absolute atomic E-state index is 11.5. The summed E-state index contributed by atoms with van der Waals surface area (Å²) in [6, 6.07) is 0.540. The van der Waals surface area contributed by atoms with Gasteiger partial charge in [0, 0.05) is 18.3 Å². The van der Waals surface area contributed by atoms with Gasteiger partial charge in [-0.1, -0.05) is 6.42 Å². The van der Waals surface area contributed by atoms with E-state index in [4.69, 9.17) is 0 Å². The van der Waals surface area contributed by atoms with Crippen molar-refractivity contribution in [3.63, 3.8) is 0 Å². The van der Waals surface area contributed by atoms with Crippen LogP contribution in [0.5, 0.6) is 0 Å².